The largest absolute Gasteiger partial charge is 0.382 e. The predicted octanol–water partition coefficient (Wildman–Crippen LogP) is 2.39. The Morgan fingerprint density at radius 1 is 1.20 bits per heavy atom. The van der Waals surface area contributed by atoms with E-state index in [4.69, 9.17) is 4.74 Å². The first-order valence-electron chi connectivity index (χ1n) is 6.57. The monoisotopic (exact) mass is 211 g/mol. The molecule has 1 aliphatic heterocycles. The highest BCUT2D eigenvalue weighted by atomic mass is 16.5. The van der Waals surface area contributed by atoms with Gasteiger partial charge in [0.25, 0.3) is 0 Å². The fraction of sp³-hybridized carbons (Fsp3) is 1.00. The Morgan fingerprint density at radius 3 is 2.47 bits per heavy atom. The Morgan fingerprint density at radius 2 is 1.87 bits per heavy atom. The summed E-state index contributed by atoms with van der Waals surface area (Å²) in [7, 11) is 2.28. The van der Waals surface area contributed by atoms with E-state index in [1.165, 1.54) is 38.8 Å². The van der Waals surface area contributed by atoms with Crippen LogP contribution in [0.15, 0.2) is 0 Å². The van der Waals surface area contributed by atoms with E-state index in [-0.39, 0.29) is 0 Å². The molecule has 0 radical (unpaired) electrons. The molecular formula is C13H25NO. The number of piperidine rings is 1. The summed E-state index contributed by atoms with van der Waals surface area (Å²) in [5, 5.41) is 0. The van der Waals surface area contributed by atoms with Gasteiger partial charge in [-0.2, -0.15) is 0 Å². The molecule has 2 nitrogen and oxygen atoms in total. The lowest BCUT2D eigenvalue weighted by Crippen LogP contribution is -2.47. The van der Waals surface area contributed by atoms with Crippen molar-refractivity contribution in [2.75, 3.05) is 33.4 Å². The summed E-state index contributed by atoms with van der Waals surface area (Å²) in [6.45, 7) is 6.61. The molecule has 2 rings (SSSR count). The van der Waals surface area contributed by atoms with Crippen LogP contribution in [0.1, 0.15) is 32.6 Å². The zero-order valence-electron chi connectivity index (χ0n) is 10.2. The number of likely N-dealkylation sites (tertiary alicyclic amines) is 1. The van der Waals surface area contributed by atoms with Crippen LogP contribution in [0, 0.1) is 17.8 Å². The van der Waals surface area contributed by atoms with Crippen molar-refractivity contribution in [3.8, 4) is 0 Å². The van der Waals surface area contributed by atoms with Gasteiger partial charge in [-0.25, -0.2) is 0 Å². The summed E-state index contributed by atoms with van der Waals surface area (Å²) < 4.78 is 5.51. The van der Waals surface area contributed by atoms with Crippen LogP contribution in [0.25, 0.3) is 0 Å². The molecule has 2 fully saturated rings. The smallest absolute Gasteiger partial charge is 0.0468 e. The number of nitrogens with zero attached hydrogens (tertiary/aromatic N) is 1. The van der Waals surface area contributed by atoms with Crippen molar-refractivity contribution in [3.05, 3.63) is 0 Å². The van der Waals surface area contributed by atoms with Crippen LogP contribution >= 0.6 is 0 Å². The van der Waals surface area contributed by atoms with Gasteiger partial charge in [0.15, 0.2) is 0 Å². The third-order valence-electron chi connectivity index (χ3n) is 4.25. The maximum absolute atomic E-state index is 5.51. The summed E-state index contributed by atoms with van der Waals surface area (Å²) >= 11 is 0. The molecule has 1 heterocycles. The lowest BCUT2D eigenvalue weighted by Gasteiger charge is -2.46. The highest BCUT2D eigenvalue weighted by Gasteiger charge is 2.37. The minimum Gasteiger partial charge on any atom is -0.382 e. The molecule has 1 aliphatic carbocycles. The zero-order valence-corrected chi connectivity index (χ0v) is 10.2. The van der Waals surface area contributed by atoms with Gasteiger partial charge < -0.3 is 9.64 Å². The van der Waals surface area contributed by atoms with Crippen molar-refractivity contribution < 1.29 is 4.74 Å². The minimum atomic E-state index is 0.877. The van der Waals surface area contributed by atoms with Crippen LogP contribution in [0.4, 0.5) is 0 Å². The number of hydrogen-bond donors (Lipinski definition) is 0. The third kappa shape index (κ3) is 2.73. The fourth-order valence-electron chi connectivity index (χ4n) is 3.62. The van der Waals surface area contributed by atoms with Crippen molar-refractivity contribution in [2.45, 2.75) is 32.6 Å². The molecule has 1 saturated carbocycles. The molecule has 2 heteroatoms. The molecule has 0 aromatic rings. The highest BCUT2D eigenvalue weighted by Crippen LogP contribution is 2.40. The molecular weight excluding hydrogens is 186 g/mol. The first-order valence-corrected chi connectivity index (χ1v) is 6.57. The van der Waals surface area contributed by atoms with Crippen molar-refractivity contribution in [2.24, 2.45) is 17.8 Å². The quantitative estimate of drug-likeness (QED) is 0.662. The van der Waals surface area contributed by atoms with E-state index >= 15 is 0 Å². The number of hydrogen-bond acceptors (Lipinski definition) is 2. The van der Waals surface area contributed by atoms with Crippen molar-refractivity contribution in [1.82, 2.24) is 4.90 Å². The fourth-order valence-corrected chi connectivity index (χ4v) is 3.62. The zero-order chi connectivity index (χ0) is 10.7. The lowest BCUT2D eigenvalue weighted by atomic mass is 9.68. The number of rotatable bonds is 4. The second-order valence-electron chi connectivity index (χ2n) is 5.32. The van der Waals surface area contributed by atoms with Crippen molar-refractivity contribution >= 4 is 0 Å². The number of fused-ring (bicyclic) bond motifs is 2. The SMILES string of the molecule is CCOCCC1C2CCCC1CN(C)C2. The van der Waals surface area contributed by atoms with Crippen molar-refractivity contribution in [1.29, 1.82) is 0 Å². The van der Waals surface area contributed by atoms with E-state index in [9.17, 15) is 0 Å². The normalized spacial score (nSPS) is 36.8. The molecule has 15 heavy (non-hydrogen) atoms. The molecule has 2 atom stereocenters. The summed E-state index contributed by atoms with van der Waals surface area (Å²) in [6.07, 6.45) is 5.68. The summed E-state index contributed by atoms with van der Waals surface area (Å²) in [5.74, 6) is 2.88. The summed E-state index contributed by atoms with van der Waals surface area (Å²) in [6, 6.07) is 0. The summed E-state index contributed by atoms with van der Waals surface area (Å²) in [4.78, 5) is 2.53. The maximum atomic E-state index is 5.51. The van der Waals surface area contributed by atoms with E-state index in [1.807, 2.05) is 0 Å². The van der Waals surface area contributed by atoms with Gasteiger partial charge in [0, 0.05) is 26.3 Å². The van der Waals surface area contributed by atoms with Gasteiger partial charge in [-0.15, -0.1) is 0 Å². The topological polar surface area (TPSA) is 12.5 Å². The molecule has 0 aromatic heterocycles. The van der Waals surface area contributed by atoms with Crippen LogP contribution < -0.4 is 0 Å². The van der Waals surface area contributed by atoms with Crippen LogP contribution in [-0.4, -0.2) is 38.3 Å². The second-order valence-corrected chi connectivity index (χ2v) is 5.32. The van der Waals surface area contributed by atoms with Crippen LogP contribution in [-0.2, 0) is 4.74 Å². The molecule has 1 saturated heterocycles. The highest BCUT2D eigenvalue weighted by molar-refractivity contribution is 4.89. The first-order chi connectivity index (χ1) is 7.31. The third-order valence-corrected chi connectivity index (χ3v) is 4.25. The van der Waals surface area contributed by atoms with Gasteiger partial charge in [0.05, 0.1) is 0 Å². The van der Waals surface area contributed by atoms with E-state index in [0.717, 1.165) is 31.0 Å². The first kappa shape index (κ1) is 11.4. The molecule has 2 unspecified atom stereocenters. The van der Waals surface area contributed by atoms with E-state index in [0.29, 0.717) is 0 Å². The molecule has 2 bridgehead atoms. The molecule has 88 valence electrons. The van der Waals surface area contributed by atoms with Crippen LogP contribution in [0.2, 0.25) is 0 Å². The molecule has 0 aromatic carbocycles. The van der Waals surface area contributed by atoms with Gasteiger partial charge in [-0.05, 0) is 51.0 Å². The lowest BCUT2D eigenvalue weighted by molar-refractivity contribution is 0.0130. The Labute approximate surface area is 94.0 Å². The number of ether oxygens (including phenoxy) is 1. The van der Waals surface area contributed by atoms with Crippen LogP contribution in [0.5, 0.6) is 0 Å². The molecule has 2 aliphatic rings. The maximum Gasteiger partial charge on any atom is 0.0468 e. The van der Waals surface area contributed by atoms with Crippen molar-refractivity contribution in [3.63, 3.8) is 0 Å². The van der Waals surface area contributed by atoms with Gasteiger partial charge in [-0.1, -0.05) is 6.42 Å². The minimum absolute atomic E-state index is 0.877. The Hall–Kier alpha value is -0.0800. The molecule has 0 amide bonds. The van der Waals surface area contributed by atoms with E-state index in [1.54, 1.807) is 0 Å². The van der Waals surface area contributed by atoms with Gasteiger partial charge in [-0.3, -0.25) is 0 Å². The van der Waals surface area contributed by atoms with E-state index in [2.05, 4.69) is 18.9 Å². The second kappa shape index (κ2) is 5.31. The Bertz CT molecular complexity index is 181. The van der Waals surface area contributed by atoms with Crippen LogP contribution in [0.3, 0.4) is 0 Å². The average Bonchev–Trinajstić information content (AvgIpc) is 2.19. The predicted molar refractivity (Wildman–Crippen MR) is 62.9 cm³/mol. The average molecular weight is 211 g/mol. The van der Waals surface area contributed by atoms with Gasteiger partial charge in [0.2, 0.25) is 0 Å². The van der Waals surface area contributed by atoms with Gasteiger partial charge >= 0.3 is 0 Å². The molecule has 0 spiro atoms. The summed E-state index contributed by atoms with van der Waals surface area (Å²) in [5.41, 5.74) is 0. The van der Waals surface area contributed by atoms with E-state index < -0.39 is 0 Å². The van der Waals surface area contributed by atoms with Gasteiger partial charge in [0.1, 0.15) is 0 Å². The molecule has 0 N–H and O–H groups in total. The Kier molecular flexibility index (Phi) is 4.04. The standard InChI is InChI=1S/C13H25NO/c1-3-15-8-7-13-11-5-4-6-12(13)10-14(2)9-11/h11-13H,3-10H2,1-2H3. The Balaban J connectivity index is 1.86.